The van der Waals surface area contributed by atoms with E-state index >= 15 is 0 Å². The van der Waals surface area contributed by atoms with Crippen LogP contribution in [0, 0.1) is 5.92 Å². The summed E-state index contributed by atoms with van der Waals surface area (Å²) < 4.78 is 10.1. The van der Waals surface area contributed by atoms with E-state index < -0.39 is 5.97 Å². The third-order valence-electron chi connectivity index (χ3n) is 3.17. The van der Waals surface area contributed by atoms with Gasteiger partial charge in [-0.3, -0.25) is 0 Å². The molecule has 0 spiro atoms. The van der Waals surface area contributed by atoms with Crippen LogP contribution in [0.4, 0.5) is 0 Å². The molecule has 0 saturated carbocycles. The number of hydrogen-bond acceptors (Lipinski definition) is 4. The van der Waals surface area contributed by atoms with Crippen LogP contribution in [0.2, 0.25) is 0 Å². The van der Waals surface area contributed by atoms with Gasteiger partial charge in [-0.05, 0) is 30.9 Å². The molecule has 102 valence electrons. The monoisotopic (exact) mass is 253 g/mol. The van der Waals surface area contributed by atoms with Crippen LogP contribution >= 0.6 is 0 Å². The molecule has 4 heteroatoms. The zero-order valence-electron chi connectivity index (χ0n) is 11.4. The molecule has 0 aliphatic heterocycles. The Labute approximate surface area is 108 Å². The van der Waals surface area contributed by atoms with Crippen LogP contribution in [-0.4, -0.2) is 13.1 Å². The summed E-state index contributed by atoms with van der Waals surface area (Å²) in [6.07, 6.45) is 4.35. The normalized spacial score (nSPS) is 12.7. The SMILES string of the molecule is CCCC(CCC)C(N)c1ccc(C(=O)OC)o1. The largest absolute Gasteiger partial charge is 0.463 e. The van der Waals surface area contributed by atoms with Gasteiger partial charge < -0.3 is 14.9 Å². The highest BCUT2D eigenvalue weighted by Crippen LogP contribution is 2.28. The number of carbonyl (C=O) groups excluding carboxylic acids is 1. The van der Waals surface area contributed by atoms with Gasteiger partial charge in [0.05, 0.1) is 13.2 Å². The summed E-state index contributed by atoms with van der Waals surface area (Å²) in [5, 5.41) is 0. The van der Waals surface area contributed by atoms with E-state index in [9.17, 15) is 4.79 Å². The second kappa shape index (κ2) is 7.21. The molecule has 1 atom stereocenters. The van der Waals surface area contributed by atoms with E-state index in [1.54, 1.807) is 12.1 Å². The lowest BCUT2D eigenvalue weighted by molar-refractivity contribution is 0.0561. The maximum Gasteiger partial charge on any atom is 0.373 e. The van der Waals surface area contributed by atoms with E-state index in [4.69, 9.17) is 10.2 Å². The van der Waals surface area contributed by atoms with Crippen molar-refractivity contribution in [3.63, 3.8) is 0 Å². The second-order valence-electron chi connectivity index (χ2n) is 4.56. The molecule has 0 bridgehead atoms. The number of furan rings is 1. The molecule has 2 N–H and O–H groups in total. The number of ether oxygens (including phenoxy) is 1. The van der Waals surface area contributed by atoms with Gasteiger partial charge in [0.25, 0.3) is 0 Å². The lowest BCUT2D eigenvalue weighted by Gasteiger charge is -2.21. The number of hydrogen-bond donors (Lipinski definition) is 1. The molecule has 1 heterocycles. The molecule has 0 aliphatic carbocycles. The van der Waals surface area contributed by atoms with Crippen molar-refractivity contribution in [2.45, 2.75) is 45.6 Å². The summed E-state index contributed by atoms with van der Waals surface area (Å²) >= 11 is 0. The van der Waals surface area contributed by atoms with Gasteiger partial charge in [-0.2, -0.15) is 0 Å². The predicted molar refractivity (Wildman–Crippen MR) is 70.3 cm³/mol. The van der Waals surface area contributed by atoms with Crippen LogP contribution in [0.25, 0.3) is 0 Å². The molecule has 1 unspecified atom stereocenters. The van der Waals surface area contributed by atoms with Crippen molar-refractivity contribution in [2.75, 3.05) is 7.11 Å². The highest BCUT2D eigenvalue weighted by molar-refractivity contribution is 5.86. The summed E-state index contributed by atoms with van der Waals surface area (Å²) in [6, 6.07) is 3.24. The van der Waals surface area contributed by atoms with Crippen LogP contribution in [0.5, 0.6) is 0 Å². The molecule has 0 saturated heterocycles. The van der Waals surface area contributed by atoms with Crippen molar-refractivity contribution < 1.29 is 13.9 Å². The molecule has 1 rings (SSSR count). The average molecular weight is 253 g/mol. The lowest BCUT2D eigenvalue weighted by atomic mass is 9.90. The Balaban J connectivity index is 2.77. The summed E-state index contributed by atoms with van der Waals surface area (Å²) in [5.41, 5.74) is 6.22. The smallest absolute Gasteiger partial charge is 0.373 e. The van der Waals surface area contributed by atoms with Gasteiger partial charge in [-0.15, -0.1) is 0 Å². The molecule has 4 nitrogen and oxygen atoms in total. The van der Waals surface area contributed by atoms with Crippen molar-refractivity contribution in [1.82, 2.24) is 0 Å². The molecular formula is C14H23NO3. The van der Waals surface area contributed by atoms with Crippen LogP contribution in [0.15, 0.2) is 16.5 Å². The molecular weight excluding hydrogens is 230 g/mol. The second-order valence-corrected chi connectivity index (χ2v) is 4.56. The first kappa shape index (κ1) is 14.8. The zero-order valence-corrected chi connectivity index (χ0v) is 11.4. The zero-order chi connectivity index (χ0) is 13.5. The van der Waals surface area contributed by atoms with E-state index in [0.29, 0.717) is 11.7 Å². The fraction of sp³-hybridized carbons (Fsp3) is 0.643. The van der Waals surface area contributed by atoms with Crippen molar-refractivity contribution in [3.05, 3.63) is 23.7 Å². The van der Waals surface area contributed by atoms with Gasteiger partial charge in [0.1, 0.15) is 5.76 Å². The number of esters is 1. The van der Waals surface area contributed by atoms with Crippen LogP contribution < -0.4 is 5.73 Å². The first-order valence-corrected chi connectivity index (χ1v) is 6.57. The Morgan fingerprint density at radius 2 is 1.94 bits per heavy atom. The summed E-state index contributed by atoms with van der Waals surface area (Å²) in [5.74, 6) is 0.824. The van der Waals surface area contributed by atoms with Crippen molar-refractivity contribution in [1.29, 1.82) is 0 Å². The first-order valence-electron chi connectivity index (χ1n) is 6.57. The maximum atomic E-state index is 11.3. The average Bonchev–Trinajstić information content (AvgIpc) is 2.86. The number of carbonyl (C=O) groups is 1. The van der Waals surface area contributed by atoms with Crippen molar-refractivity contribution in [2.24, 2.45) is 11.7 Å². The quantitative estimate of drug-likeness (QED) is 0.757. The fourth-order valence-electron chi connectivity index (χ4n) is 2.22. The highest BCUT2D eigenvalue weighted by atomic mass is 16.5. The fourth-order valence-corrected chi connectivity index (χ4v) is 2.22. The lowest BCUT2D eigenvalue weighted by Crippen LogP contribution is -2.21. The van der Waals surface area contributed by atoms with Crippen molar-refractivity contribution >= 4 is 5.97 Å². The minimum atomic E-state index is -0.462. The van der Waals surface area contributed by atoms with Gasteiger partial charge in [-0.25, -0.2) is 4.79 Å². The molecule has 0 aliphatic rings. The predicted octanol–water partition coefficient (Wildman–Crippen LogP) is 3.28. The van der Waals surface area contributed by atoms with Gasteiger partial charge in [0.2, 0.25) is 5.76 Å². The molecule has 18 heavy (non-hydrogen) atoms. The van der Waals surface area contributed by atoms with Gasteiger partial charge in [0, 0.05) is 0 Å². The Bertz CT molecular complexity index is 367. The Kier molecular flexibility index (Phi) is 5.92. The van der Waals surface area contributed by atoms with E-state index in [1.807, 2.05) is 0 Å². The highest BCUT2D eigenvalue weighted by Gasteiger charge is 2.22. The van der Waals surface area contributed by atoms with Gasteiger partial charge in [0.15, 0.2) is 0 Å². The molecule has 0 fully saturated rings. The molecule has 0 aromatic carbocycles. The maximum absolute atomic E-state index is 11.3. The van der Waals surface area contributed by atoms with E-state index in [2.05, 4.69) is 18.6 Å². The molecule has 1 aromatic rings. The van der Waals surface area contributed by atoms with Gasteiger partial charge >= 0.3 is 5.97 Å². The third kappa shape index (κ3) is 3.60. The molecule has 1 aromatic heterocycles. The topological polar surface area (TPSA) is 65.5 Å². The van der Waals surface area contributed by atoms with E-state index in [-0.39, 0.29) is 11.8 Å². The minimum absolute atomic E-state index is 0.150. The van der Waals surface area contributed by atoms with Gasteiger partial charge in [-0.1, -0.05) is 26.7 Å². The Hall–Kier alpha value is -1.29. The summed E-state index contributed by atoms with van der Waals surface area (Å²) in [4.78, 5) is 11.3. The first-order chi connectivity index (χ1) is 8.63. The molecule has 0 radical (unpaired) electrons. The number of nitrogens with two attached hydrogens (primary N) is 1. The number of rotatable bonds is 7. The summed E-state index contributed by atoms with van der Waals surface area (Å²) in [7, 11) is 1.33. The van der Waals surface area contributed by atoms with E-state index in [1.165, 1.54) is 7.11 Å². The molecule has 0 amide bonds. The number of methoxy groups -OCH3 is 1. The third-order valence-corrected chi connectivity index (χ3v) is 3.17. The van der Waals surface area contributed by atoms with Crippen LogP contribution in [0.1, 0.15) is 61.9 Å². The Morgan fingerprint density at radius 1 is 1.33 bits per heavy atom. The van der Waals surface area contributed by atoms with Crippen molar-refractivity contribution in [3.8, 4) is 0 Å². The standard InChI is InChI=1S/C14H23NO3/c1-4-6-10(7-5-2)13(15)11-8-9-12(18-11)14(16)17-3/h8-10,13H,4-7,15H2,1-3H3. The van der Waals surface area contributed by atoms with E-state index in [0.717, 1.165) is 25.7 Å². The minimum Gasteiger partial charge on any atom is -0.463 e. The summed E-state index contributed by atoms with van der Waals surface area (Å²) in [6.45, 7) is 4.30. The van der Waals surface area contributed by atoms with Crippen LogP contribution in [-0.2, 0) is 4.74 Å². The van der Waals surface area contributed by atoms with Crippen LogP contribution in [0.3, 0.4) is 0 Å². The Morgan fingerprint density at radius 3 is 2.44 bits per heavy atom.